The molecule has 3 heterocycles. The summed E-state index contributed by atoms with van der Waals surface area (Å²) in [6.45, 7) is 1.55. The molecule has 0 radical (unpaired) electrons. The average Bonchev–Trinajstić information content (AvgIpc) is 3.35. The second-order valence-corrected chi connectivity index (χ2v) is 8.58. The summed E-state index contributed by atoms with van der Waals surface area (Å²) >= 11 is 0. The van der Waals surface area contributed by atoms with Crippen molar-refractivity contribution >= 4 is 22.7 Å². The molecule has 1 aliphatic rings. The maximum atomic E-state index is 11.5. The first kappa shape index (κ1) is 26.0. The minimum absolute atomic E-state index is 0.136. The summed E-state index contributed by atoms with van der Waals surface area (Å²) in [7, 11) is 2.99. The average molecular weight is 505 g/mol. The minimum Gasteiger partial charge on any atom is -0.497 e. The van der Waals surface area contributed by atoms with Gasteiger partial charge in [0, 0.05) is 42.3 Å². The third kappa shape index (κ3) is 6.98. The Labute approximate surface area is 216 Å². The van der Waals surface area contributed by atoms with Gasteiger partial charge < -0.3 is 29.2 Å². The van der Waals surface area contributed by atoms with E-state index in [1.807, 2.05) is 42.5 Å². The van der Waals surface area contributed by atoms with Crippen LogP contribution in [0.1, 0.15) is 19.3 Å². The summed E-state index contributed by atoms with van der Waals surface area (Å²) in [4.78, 5) is 20.2. The van der Waals surface area contributed by atoms with Crippen LogP contribution in [0.3, 0.4) is 0 Å². The van der Waals surface area contributed by atoms with Gasteiger partial charge >= 0.3 is 5.97 Å². The SMILES string of the molecule is COC(=O)Cn1cnc2cccc(-c3ccccn3)c21.COc1cc(N)cc(OCC2CCCCO2)c1. The third-order valence-electron chi connectivity index (χ3n) is 5.95. The number of nitrogen functional groups attached to an aromatic ring is 1. The molecule has 0 bridgehead atoms. The number of imidazole rings is 1. The zero-order chi connectivity index (χ0) is 26.0. The monoisotopic (exact) mass is 504 g/mol. The number of fused-ring (bicyclic) bond motifs is 1. The number of esters is 1. The maximum Gasteiger partial charge on any atom is 0.325 e. The zero-order valence-electron chi connectivity index (χ0n) is 21.1. The van der Waals surface area contributed by atoms with Crippen molar-refractivity contribution in [3.8, 4) is 22.8 Å². The Kier molecular flexibility index (Phi) is 8.93. The highest BCUT2D eigenvalue weighted by Crippen LogP contribution is 2.27. The summed E-state index contributed by atoms with van der Waals surface area (Å²) in [5, 5.41) is 0. The molecule has 2 aromatic carbocycles. The second-order valence-electron chi connectivity index (χ2n) is 8.58. The molecule has 0 saturated carbocycles. The molecule has 0 spiro atoms. The molecular weight excluding hydrogens is 472 g/mol. The molecule has 1 unspecified atom stereocenters. The molecule has 4 aromatic rings. The molecule has 1 atom stereocenters. The van der Waals surface area contributed by atoms with Crippen LogP contribution in [-0.4, -0.2) is 54.0 Å². The number of para-hydroxylation sites is 1. The number of nitrogens with zero attached hydrogens (tertiary/aromatic N) is 3. The van der Waals surface area contributed by atoms with Crippen molar-refractivity contribution in [3.05, 3.63) is 67.1 Å². The van der Waals surface area contributed by atoms with Gasteiger partial charge in [-0.05, 0) is 37.5 Å². The Bertz CT molecular complexity index is 1300. The van der Waals surface area contributed by atoms with Crippen molar-refractivity contribution in [2.75, 3.05) is 33.2 Å². The Hall–Kier alpha value is -4.11. The first-order valence-electron chi connectivity index (χ1n) is 12.2. The van der Waals surface area contributed by atoms with E-state index >= 15 is 0 Å². The van der Waals surface area contributed by atoms with Gasteiger partial charge in [-0.2, -0.15) is 0 Å². The van der Waals surface area contributed by atoms with Crippen LogP contribution in [0.25, 0.3) is 22.3 Å². The van der Waals surface area contributed by atoms with Crippen LogP contribution in [-0.2, 0) is 20.8 Å². The highest BCUT2D eigenvalue weighted by atomic mass is 16.5. The van der Waals surface area contributed by atoms with Crippen LogP contribution in [0.5, 0.6) is 11.5 Å². The number of hydrogen-bond donors (Lipinski definition) is 1. The number of carbonyl (C=O) groups is 1. The molecule has 194 valence electrons. The number of nitrogens with two attached hydrogens (primary N) is 1. The van der Waals surface area contributed by atoms with E-state index in [1.54, 1.807) is 36.3 Å². The van der Waals surface area contributed by atoms with E-state index in [4.69, 9.17) is 24.7 Å². The quantitative estimate of drug-likeness (QED) is 0.289. The van der Waals surface area contributed by atoms with Crippen LogP contribution >= 0.6 is 0 Å². The number of carbonyl (C=O) groups excluding carboxylic acids is 1. The number of ether oxygens (including phenoxy) is 4. The molecule has 1 aliphatic heterocycles. The van der Waals surface area contributed by atoms with Crippen molar-refractivity contribution in [3.63, 3.8) is 0 Å². The largest absolute Gasteiger partial charge is 0.497 e. The van der Waals surface area contributed by atoms with Crippen molar-refractivity contribution in [2.24, 2.45) is 0 Å². The number of rotatable bonds is 7. The van der Waals surface area contributed by atoms with Crippen molar-refractivity contribution in [2.45, 2.75) is 31.9 Å². The van der Waals surface area contributed by atoms with E-state index in [9.17, 15) is 4.79 Å². The maximum absolute atomic E-state index is 11.5. The standard InChI is InChI=1S/C15H13N3O2.C13H19NO3/c1-20-14(19)9-18-10-17-13-7-4-5-11(15(13)18)12-6-2-3-8-16-12;1-15-12-6-10(14)7-13(8-12)17-9-11-4-2-3-5-16-11/h2-8,10H,9H2,1H3;6-8,11H,2-5,9,14H2,1H3. The van der Waals surface area contributed by atoms with E-state index in [1.165, 1.54) is 13.5 Å². The predicted molar refractivity (Wildman–Crippen MR) is 141 cm³/mol. The molecule has 2 N–H and O–H groups in total. The highest BCUT2D eigenvalue weighted by molar-refractivity contribution is 5.92. The topological polar surface area (TPSA) is 111 Å². The fourth-order valence-electron chi connectivity index (χ4n) is 4.10. The molecule has 5 rings (SSSR count). The molecule has 2 aromatic heterocycles. The van der Waals surface area contributed by atoms with E-state index in [-0.39, 0.29) is 18.6 Å². The zero-order valence-corrected chi connectivity index (χ0v) is 21.1. The Morgan fingerprint density at radius 3 is 2.68 bits per heavy atom. The van der Waals surface area contributed by atoms with Gasteiger partial charge in [0.1, 0.15) is 24.7 Å². The molecule has 37 heavy (non-hydrogen) atoms. The van der Waals surface area contributed by atoms with Crippen LogP contribution in [0.4, 0.5) is 5.69 Å². The van der Waals surface area contributed by atoms with Gasteiger partial charge in [-0.1, -0.05) is 18.2 Å². The Morgan fingerprint density at radius 2 is 1.95 bits per heavy atom. The highest BCUT2D eigenvalue weighted by Gasteiger charge is 2.15. The molecular formula is C28H32N4O5. The second kappa shape index (κ2) is 12.7. The lowest BCUT2D eigenvalue weighted by Gasteiger charge is -2.22. The Balaban J connectivity index is 0.000000176. The third-order valence-corrected chi connectivity index (χ3v) is 5.95. The first-order valence-corrected chi connectivity index (χ1v) is 12.2. The van der Waals surface area contributed by atoms with Crippen molar-refractivity contribution in [1.82, 2.24) is 14.5 Å². The number of benzene rings is 2. The Morgan fingerprint density at radius 1 is 1.08 bits per heavy atom. The van der Waals surface area contributed by atoms with Gasteiger partial charge in [-0.25, -0.2) is 4.98 Å². The normalized spacial score (nSPS) is 14.9. The molecule has 9 nitrogen and oxygen atoms in total. The summed E-state index contributed by atoms with van der Waals surface area (Å²) in [5.41, 5.74) is 9.91. The van der Waals surface area contributed by atoms with E-state index in [0.717, 1.165) is 47.5 Å². The van der Waals surface area contributed by atoms with E-state index < -0.39 is 0 Å². The van der Waals surface area contributed by atoms with Gasteiger partial charge in [0.05, 0.1) is 43.4 Å². The molecule has 9 heteroatoms. The molecule has 0 amide bonds. The number of pyridine rings is 1. The summed E-state index contributed by atoms with van der Waals surface area (Å²) in [6.07, 6.45) is 7.04. The number of methoxy groups -OCH3 is 2. The van der Waals surface area contributed by atoms with Crippen LogP contribution < -0.4 is 15.2 Å². The number of anilines is 1. The lowest BCUT2D eigenvalue weighted by molar-refractivity contribution is -0.141. The van der Waals surface area contributed by atoms with Gasteiger partial charge in [-0.15, -0.1) is 0 Å². The van der Waals surface area contributed by atoms with Crippen molar-refractivity contribution < 1.29 is 23.7 Å². The lowest BCUT2D eigenvalue weighted by atomic mass is 10.1. The van der Waals surface area contributed by atoms with E-state index in [0.29, 0.717) is 18.0 Å². The van der Waals surface area contributed by atoms with Crippen LogP contribution in [0.2, 0.25) is 0 Å². The van der Waals surface area contributed by atoms with Crippen LogP contribution in [0, 0.1) is 0 Å². The molecule has 0 aliphatic carbocycles. The molecule has 1 saturated heterocycles. The smallest absolute Gasteiger partial charge is 0.325 e. The summed E-state index contributed by atoms with van der Waals surface area (Å²) < 4.78 is 22.9. The fraction of sp³-hybridized carbons (Fsp3) is 0.321. The van der Waals surface area contributed by atoms with E-state index in [2.05, 4.69) is 9.97 Å². The predicted octanol–water partition coefficient (Wildman–Crippen LogP) is 4.50. The van der Waals surface area contributed by atoms with Gasteiger partial charge in [0.2, 0.25) is 0 Å². The van der Waals surface area contributed by atoms with Gasteiger partial charge in [0.15, 0.2) is 0 Å². The van der Waals surface area contributed by atoms with Gasteiger partial charge in [0.25, 0.3) is 0 Å². The fourth-order valence-corrected chi connectivity index (χ4v) is 4.10. The lowest BCUT2D eigenvalue weighted by Crippen LogP contribution is -2.25. The van der Waals surface area contributed by atoms with Crippen LogP contribution in [0.15, 0.2) is 67.1 Å². The van der Waals surface area contributed by atoms with Gasteiger partial charge in [-0.3, -0.25) is 9.78 Å². The number of hydrogen-bond acceptors (Lipinski definition) is 8. The number of aromatic nitrogens is 3. The molecule has 1 fully saturated rings. The minimum atomic E-state index is -0.305. The van der Waals surface area contributed by atoms with Crippen molar-refractivity contribution in [1.29, 1.82) is 0 Å². The summed E-state index contributed by atoms with van der Waals surface area (Å²) in [5.74, 6) is 1.14. The first-order chi connectivity index (χ1) is 18.1. The summed E-state index contributed by atoms with van der Waals surface area (Å²) in [6, 6.07) is 17.0.